The fraction of sp³-hybridized carbons (Fsp3) is 0.192. The number of thiazole rings is 1. The average molecular weight is 674 g/mol. The van der Waals surface area contributed by atoms with Gasteiger partial charge in [0, 0.05) is 28.2 Å². The number of nitrogens with one attached hydrogen (secondary N) is 1. The van der Waals surface area contributed by atoms with Crippen LogP contribution in [0.25, 0.3) is 0 Å². The first-order valence-electron chi connectivity index (χ1n) is 12.6. The topological polar surface area (TPSA) is 258 Å². The van der Waals surface area contributed by atoms with Gasteiger partial charge >= 0.3 is 5.97 Å². The number of thioether (sulfide) groups is 2. The number of hydrogen-bond donors (Lipinski definition) is 6. The standard InChI is InChI=1S/C26H23N7O9S3/c1-42-29-9-18(36)31-25(12-2-3-15(34)16(35)8-12)21(39)33-19(20(37)38)14(10-43-13-4-6-32(28)7-5-13)26(23(40)41,45-22(25)33)17-11-44-24(27)30-17/h2-9,11,22H,10,28H2,1H3,(H6-,27,29,30,31,34,35,36,37,38,40,41)/t22-,25?,26-/m0/s1. The molecule has 0 spiro atoms. The third kappa shape index (κ3) is 5.13. The number of β-lactam (4-membered cyclic amide) rings is 1. The fourth-order valence-electron chi connectivity index (χ4n) is 5.01. The largest absolute Gasteiger partial charge is 0.543 e. The van der Waals surface area contributed by atoms with Gasteiger partial charge in [-0.1, -0.05) is 15.9 Å². The van der Waals surface area contributed by atoms with Crippen LogP contribution in [0.3, 0.4) is 0 Å². The first-order valence-corrected chi connectivity index (χ1v) is 15.3. The van der Waals surface area contributed by atoms with Crippen molar-refractivity contribution in [3.63, 3.8) is 0 Å². The molecule has 2 aliphatic rings. The summed E-state index contributed by atoms with van der Waals surface area (Å²) < 4.78 is -0.988. The van der Waals surface area contributed by atoms with Crippen molar-refractivity contribution in [1.82, 2.24) is 15.2 Å². The molecule has 45 heavy (non-hydrogen) atoms. The number of hydrogen-bond acceptors (Lipinski definition) is 15. The van der Waals surface area contributed by atoms with Crippen LogP contribution in [0.5, 0.6) is 11.5 Å². The molecule has 0 radical (unpaired) electrons. The second kappa shape index (κ2) is 11.8. The van der Waals surface area contributed by atoms with Crippen molar-refractivity contribution in [2.24, 2.45) is 5.16 Å². The number of aromatic hydroxyl groups is 2. The number of phenolic OH excluding ortho intramolecular Hbond substituents is 2. The van der Waals surface area contributed by atoms with Crippen molar-refractivity contribution in [3.8, 4) is 11.5 Å². The van der Waals surface area contributed by atoms with E-state index >= 15 is 0 Å². The quantitative estimate of drug-likeness (QED) is 0.0280. The van der Waals surface area contributed by atoms with Gasteiger partial charge < -0.3 is 41.1 Å². The summed E-state index contributed by atoms with van der Waals surface area (Å²) in [6.07, 6.45) is 3.77. The Balaban J connectivity index is 1.75. The highest BCUT2D eigenvalue weighted by atomic mass is 32.2. The number of fused-ring (bicyclic) bond motifs is 1. The molecule has 8 N–H and O–H groups in total. The first kappa shape index (κ1) is 31.4. The van der Waals surface area contributed by atoms with Gasteiger partial charge in [-0.2, -0.15) is 0 Å². The Morgan fingerprint density at radius 1 is 1.27 bits per heavy atom. The van der Waals surface area contributed by atoms with Gasteiger partial charge in [-0.15, -0.1) is 34.9 Å². The molecule has 1 unspecified atom stereocenters. The third-order valence-electron chi connectivity index (χ3n) is 7.01. The maximum absolute atomic E-state index is 14.2. The lowest BCUT2D eigenvalue weighted by atomic mass is 9.78. The number of aromatic nitrogens is 2. The molecule has 19 heteroatoms. The Morgan fingerprint density at radius 3 is 2.56 bits per heavy atom. The summed E-state index contributed by atoms with van der Waals surface area (Å²) in [5, 5.41) is 49.8. The number of nitrogens with zero attached hydrogens (tertiary/aromatic N) is 4. The van der Waals surface area contributed by atoms with Crippen LogP contribution in [0.4, 0.5) is 5.13 Å². The molecule has 5 rings (SSSR count). The molecule has 4 heterocycles. The monoisotopic (exact) mass is 673 g/mol. The van der Waals surface area contributed by atoms with E-state index in [4.69, 9.17) is 11.6 Å². The van der Waals surface area contributed by atoms with Gasteiger partial charge in [0.05, 0.1) is 17.4 Å². The van der Waals surface area contributed by atoms with E-state index in [1.807, 2.05) is 0 Å². The van der Waals surface area contributed by atoms with Gasteiger partial charge in [-0.25, -0.2) is 15.6 Å². The maximum atomic E-state index is 14.2. The Hall–Kier alpha value is -5.01. The van der Waals surface area contributed by atoms with E-state index in [-0.39, 0.29) is 27.7 Å². The van der Waals surface area contributed by atoms with Crippen molar-refractivity contribution in [2.75, 3.05) is 24.4 Å². The van der Waals surface area contributed by atoms with Crippen LogP contribution in [-0.2, 0) is 34.3 Å². The lowest BCUT2D eigenvalue weighted by molar-refractivity contribution is -0.639. The summed E-state index contributed by atoms with van der Waals surface area (Å²) in [5.41, 5.74) is 2.51. The van der Waals surface area contributed by atoms with Crippen molar-refractivity contribution in [1.29, 1.82) is 0 Å². The summed E-state index contributed by atoms with van der Waals surface area (Å²) in [7, 11) is 1.17. The number of nitrogens with two attached hydrogens (primary N) is 2. The Bertz CT molecular complexity index is 1780. The minimum Gasteiger partial charge on any atom is -0.543 e. The molecule has 0 bridgehead atoms. The highest BCUT2D eigenvalue weighted by Crippen LogP contribution is 2.61. The summed E-state index contributed by atoms with van der Waals surface area (Å²) in [6.45, 7) is 0. The predicted molar refractivity (Wildman–Crippen MR) is 159 cm³/mol. The van der Waals surface area contributed by atoms with E-state index in [2.05, 4.69) is 20.3 Å². The summed E-state index contributed by atoms with van der Waals surface area (Å²) in [5.74, 6) is -1.14. The number of carboxylic acid groups (broad SMARTS) is 2. The lowest BCUT2D eigenvalue weighted by Crippen LogP contribution is -2.79. The predicted octanol–water partition coefficient (Wildman–Crippen LogP) is -1.23. The molecule has 0 aliphatic carbocycles. The van der Waals surface area contributed by atoms with E-state index in [0.29, 0.717) is 22.9 Å². The second-order valence-corrected chi connectivity index (χ2v) is 12.7. The number of benzene rings is 1. The number of oxime groups is 1. The third-order valence-corrected chi connectivity index (χ3v) is 10.5. The smallest absolute Gasteiger partial charge is 0.330 e. The Morgan fingerprint density at radius 2 is 1.98 bits per heavy atom. The van der Waals surface area contributed by atoms with E-state index in [1.165, 1.54) is 35.6 Å². The van der Waals surface area contributed by atoms with E-state index in [0.717, 1.165) is 40.1 Å². The van der Waals surface area contributed by atoms with E-state index in [9.17, 15) is 39.6 Å². The van der Waals surface area contributed by atoms with Gasteiger partial charge in [0.25, 0.3) is 11.8 Å². The number of carbonyl (C=O) groups excluding carboxylic acids is 3. The summed E-state index contributed by atoms with van der Waals surface area (Å²) in [4.78, 5) is 63.6. The zero-order valence-electron chi connectivity index (χ0n) is 22.9. The first-order chi connectivity index (χ1) is 21.4. The zero-order valence-corrected chi connectivity index (χ0v) is 25.4. The van der Waals surface area contributed by atoms with Gasteiger partial charge in [-0.05, 0) is 23.3 Å². The van der Waals surface area contributed by atoms with Crippen LogP contribution in [0.1, 0.15) is 11.3 Å². The van der Waals surface area contributed by atoms with Gasteiger partial charge in [0.2, 0.25) is 0 Å². The van der Waals surface area contributed by atoms with Crippen molar-refractivity contribution < 1.29 is 49.1 Å². The Kier molecular flexibility index (Phi) is 8.25. The summed E-state index contributed by atoms with van der Waals surface area (Å²) in [6, 6.07) is 6.52. The number of carbonyl (C=O) groups is 4. The number of carboxylic acids is 2. The molecule has 1 saturated heterocycles. The van der Waals surface area contributed by atoms with Crippen LogP contribution in [0.15, 0.2) is 69.4 Å². The van der Waals surface area contributed by atoms with Crippen LogP contribution < -0.4 is 26.7 Å². The molecule has 3 aromatic rings. The van der Waals surface area contributed by atoms with Crippen molar-refractivity contribution in [2.45, 2.75) is 20.6 Å². The highest BCUT2D eigenvalue weighted by molar-refractivity contribution is 8.02. The minimum atomic E-state index is -2.27. The number of rotatable bonds is 10. The molecule has 2 amide bonds. The summed E-state index contributed by atoms with van der Waals surface area (Å²) >= 11 is 2.62. The van der Waals surface area contributed by atoms with Crippen LogP contribution in [0.2, 0.25) is 0 Å². The van der Waals surface area contributed by atoms with Gasteiger partial charge in [-0.3, -0.25) is 14.5 Å². The van der Waals surface area contributed by atoms with Gasteiger partial charge in [0.15, 0.2) is 39.3 Å². The molecule has 3 atom stereocenters. The van der Waals surface area contributed by atoms with Crippen molar-refractivity contribution >= 4 is 70.0 Å². The molecule has 234 valence electrons. The minimum absolute atomic E-state index is 0.00490. The number of aliphatic carboxylic acids is 2. The SMILES string of the molecule is CO/N=C\C(=O)NC1(c2ccc(O)c(O)c2)C(=O)N2C(C(=O)[O-])=C(CSc3cc[n+](N)cc3)[C@@](C(=O)O)(c3csc(N)n3)S[C@H]21. The molecular formula is C26H23N7O9S3. The number of phenols is 2. The highest BCUT2D eigenvalue weighted by Gasteiger charge is 2.71. The fourth-order valence-corrected chi connectivity index (χ4v) is 8.52. The average Bonchev–Trinajstić information content (AvgIpc) is 3.45. The Labute approximate surface area is 266 Å². The van der Waals surface area contributed by atoms with Crippen LogP contribution >= 0.6 is 34.9 Å². The molecule has 2 aliphatic heterocycles. The number of nitrogen functional groups attached to an aromatic ring is 2. The van der Waals surface area contributed by atoms with Crippen LogP contribution in [0, 0.1) is 0 Å². The normalized spacial score (nSPS) is 22.6. The van der Waals surface area contributed by atoms with Crippen molar-refractivity contribution in [3.05, 3.63) is 70.6 Å². The lowest BCUT2D eigenvalue weighted by Gasteiger charge is -2.60. The maximum Gasteiger partial charge on any atom is 0.330 e. The molecule has 16 nitrogen and oxygen atoms in total. The molecule has 1 aromatic carbocycles. The van der Waals surface area contributed by atoms with Gasteiger partial charge in [0.1, 0.15) is 18.7 Å². The molecule has 0 saturated carbocycles. The number of amides is 2. The molecule has 2 aromatic heterocycles. The van der Waals surface area contributed by atoms with Crippen LogP contribution in [-0.4, -0.2) is 73.4 Å². The zero-order chi connectivity index (χ0) is 32.7. The van der Waals surface area contributed by atoms with E-state index in [1.54, 1.807) is 12.1 Å². The number of pyridine rings is 1. The number of anilines is 1. The molecule has 1 fully saturated rings. The molecular weight excluding hydrogens is 651 g/mol. The van der Waals surface area contributed by atoms with E-state index < -0.39 is 56.6 Å². The second-order valence-electron chi connectivity index (χ2n) is 9.50.